The van der Waals surface area contributed by atoms with Crippen molar-refractivity contribution < 1.29 is 10.2 Å². The molecule has 0 aliphatic heterocycles. The van der Waals surface area contributed by atoms with Crippen molar-refractivity contribution in [3.05, 3.63) is 57.6 Å². The van der Waals surface area contributed by atoms with E-state index in [1.54, 1.807) is 0 Å². The molecule has 0 radical (unpaired) electrons. The maximum absolute atomic E-state index is 10.7. The molecule has 222 valence electrons. The number of phenolic OH excluding ortho intramolecular Hbond substituents is 2. The first kappa shape index (κ1) is 31.0. The standard InChI is InChI=1S/C38H58O2/c1-29-25-31(27-35(37(29)39)33-21-15-11-16-22-33)19-13-9-7-5-3-4-6-8-10-14-20-32-26-30(2)38(40)36(28-32)34-23-17-12-18-24-34/h25-28,33-34,39-40H,3-24H2,1-2H3. The van der Waals surface area contributed by atoms with Gasteiger partial charge in [0.25, 0.3) is 0 Å². The molecule has 2 nitrogen and oxygen atoms in total. The Bertz CT molecular complexity index is 943. The van der Waals surface area contributed by atoms with E-state index in [1.165, 1.54) is 151 Å². The molecule has 0 amide bonds. The van der Waals surface area contributed by atoms with Gasteiger partial charge in [-0.2, -0.15) is 0 Å². The van der Waals surface area contributed by atoms with Crippen molar-refractivity contribution in [2.45, 2.75) is 167 Å². The molecule has 2 aliphatic carbocycles. The van der Waals surface area contributed by atoms with Gasteiger partial charge in [0.15, 0.2) is 0 Å². The van der Waals surface area contributed by atoms with Crippen LogP contribution in [0.4, 0.5) is 0 Å². The van der Waals surface area contributed by atoms with E-state index >= 15 is 0 Å². The molecule has 2 saturated carbocycles. The van der Waals surface area contributed by atoms with Crippen molar-refractivity contribution in [3.8, 4) is 11.5 Å². The predicted octanol–water partition coefficient (Wildman–Crippen LogP) is 11.5. The molecule has 2 aromatic rings. The van der Waals surface area contributed by atoms with E-state index in [4.69, 9.17) is 0 Å². The summed E-state index contributed by atoms with van der Waals surface area (Å²) in [7, 11) is 0. The molecule has 2 heteroatoms. The lowest BCUT2D eigenvalue weighted by molar-refractivity contribution is 0.412. The van der Waals surface area contributed by atoms with Gasteiger partial charge in [-0.15, -0.1) is 0 Å². The smallest absolute Gasteiger partial charge is 0.121 e. The quantitative estimate of drug-likeness (QED) is 0.218. The van der Waals surface area contributed by atoms with E-state index in [0.717, 1.165) is 24.0 Å². The van der Waals surface area contributed by atoms with Crippen LogP contribution in [0.1, 0.15) is 174 Å². The highest BCUT2D eigenvalue weighted by Crippen LogP contribution is 2.40. The van der Waals surface area contributed by atoms with Gasteiger partial charge < -0.3 is 10.2 Å². The number of hydrogen-bond acceptors (Lipinski definition) is 2. The molecule has 0 bridgehead atoms. The second kappa shape index (κ2) is 16.5. The molecule has 0 spiro atoms. The molecule has 2 aliphatic rings. The van der Waals surface area contributed by atoms with Crippen LogP contribution < -0.4 is 0 Å². The van der Waals surface area contributed by atoms with Crippen LogP contribution in [0.3, 0.4) is 0 Å². The normalized spacial score (nSPS) is 16.9. The van der Waals surface area contributed by atoms with Crippen LogP contribution in [0, 0.1) is 13.8 Å². The molecular formula is C38H58O2. The fourth-order valence-corrected chi connectivity index (χ4v) is 7.58. The highest BCUT2D eigenvalue weighted by molar-refractivity contribution is 5.46. The number of hydrogen-bond donors (Lipinski definition) is 2. The van der Waals surface area contributed by atoms with E-state index < -0.39 is 0 Å². The van der Waals surface area contributed by atoms with E-state index in [2.05, 4.69) is 38.1 Å². The minimum absolute atomic E-state index is 0.565. The molecule has 4 rings (SSSR count). The SMILES string of the molecule is Cc1cc(CCCCCCCCCCCCc2cc(C)c(O)c(C3CCCCC3)c2)cc(C2CCCCC2)c1O. The molecule has 0 unspecified atom stereocenters. The minimum Gasteiger partial charge on any atom is -0.507 e. The zero-order chi connectivity index (χ0) is 28.2. The second-order valence-electron chi connectivity index (χ2n) is 13.4. The number of rotatable bonds is 15. The van der Waals surface area contributed by atoms with Gasteiger partial charge in [-0.3, -0.25) is 0 Å². The van der Waals surface area contributed by atoms with Gasteiger partial charge in [0, 0.05) is 0 Å². The van der Waals surface area contributed by atoms with Crippen molar-refractivity contribution >= 4 is 0 Å². The molecule has 2 N–H and O–H groups in total. The lowest BCUT2D eigenvalue weighted by Gasteiger charge is -2.24. The van der Waals surface area contributed by atoms with Crippen LogP contribution in [0.5, 0.6) is 11.5 Å². The Morgan fingerprint density at radius 3 is 1.15 bits per heavy atom. The average Bonchev–Trinajstić information content (AvgIpc) is 2.98. The summed E-state index contributed by atoms with van der Waals surface area (Å²) in [5, 5.41) is 21.3. The van der Waals surface area contributed by atoms with Gasteiger partial charge in [0.05, 0.1) is 0 Å². The Kier molecular flexibility index (Phi) is 12.8. The zero-order valence-electron chi connectivity index (χ0n) is 25.9. The largest absolute Gasteiger partial charge is 0.507 e. The van der Waals surface area contributed by atoms with Crippen molar-refractivity contribution in [2.24, 2.45) is 0 Å². The van der Waals surface area contributed by atoms with Crippen LogP contribution in [-0.4, -0.2) is 10.2 Å². The van der Waals surface area contributed by atoms with Gasteiger partial charge in [-0.05, 0) is 110 Å². The van der Waals surface area contributed by atoms with Gasteiger partial charge in [-0.1, -0.05) is 114 Å². The summed E-state index contributed by atoms with van der Waals surface area (Å²) in [6, 6.07) is 9.11. The third-order valence-corrected chi connectivity index (χ3v) is 10.1. The number of aryl methyl sites for hydroxylation is 4. The van der Waals surface area contributed by atoms with E-state index in [-0.39, 0.29) is 0 Å². The Hall–Kier alpha value is -1.96. The van der Waals surface area contributed by atoms with Crippen LogP contribution in [0.2, 0.25) is 0 Å². The summed E-state index contributed by atoms with van der Waals surface area (Å²) < 4.78 is 0. The first-order valence-electron chi connectivity index (χ1n) is 17.2. The Balaban J connectivity index is 1.04. The molecule has 2 aromatic carbocycles. The van der Waals surface area contributed by atoms with Gasteiger partial charge in [0.1, 0.15) is 11.5 Å². The van der Waals surface area contributed by atoms with Crippen LogP contribution in [0.25, 0.3) is 0 Å². The number of unbranched alkanes of at least 4 members (excludes halogenated alkanes) is 9. The van der Waals surface area contributed by atoms with E-state index in [1.807, 2.05) is 0 Å². The molecule has 0 saturated heterocycles. The number of aromatic hydroxyl groups is 2. The van der Waals surface area contributed by atoms with Crippen molar-refractivity contribution in [1.82, 2.24) is 0 Å². The molecule has 40 heavy (non-hydrogen) atoms. The topological polar surface area (TPSA) is 40.5 Å². The van der Waals surface area contributed by atoms with Gasteiger partial charge >= 0.3 is 0 Å². The molecule has 0 heterocycles. The monoisotopic (exact) mass is 546 g/mol. The molecule has 0 aromatic heterocycles. The zero-order valence-corrected chi connectivity index (χ0v) is 25.9. The fourth-order valence-electron chi connectivity index (χ4n) is 7.58. The highest BCUT2D eigenvalue weighted by atomic mass is 16.3. The third-order valence-electron chi connectivity index (χ3n) is 10.1. The van der Waals surface area contributed by atoms with Crippen molar-refractivity contribution in [3.63, 3.8) is 0 Å². The predicted molar refractivity (Wildman–Crippen MR) is 171 cm³/mol. The highest BCUT2D eigenvalue weighted by Gasteiger charge is 2.21. The summed E-state index contributed by atoms with van der Waals surface area (Å²) in [5.41, 5.74) is 7.47. The summed E-state index contributed by atoms with van der Waals surface area (Å²) in [4.78, 5) is 0. The van der Waals surface area contributed by atoms with E-state index in [0.29, 0.717) is 23.3 Å². The lowest BCUT2D eigenvalue weighted by atomic mass is 9.82. The van der Waals surface area contributed by atoms with Crippen LogP contribution in [0.15, 0.2) is 24.3 Å². The maximum Gasteiger partial charge on any atom is 0.121 e. The first-order chi connectivity index (χ1) is 19.5. The number of benzene rings is 2. The minimum atomic E-state index is 0.565. The fraction of sp³-hybridized carbons (Fsp3) is 0.684. The summed E-state index contributed by atoms with van der Waals surface area (Å²) in [6.07, 6.45) is 28.7. The summed E-state index contributed by atoms with van der Waals surface area (Å²) in [5.74, 6) is 2.27. The maximum atomic E-state index is 10.7. The van der Waals surface area contributed by atoms with Crippen LogP contribution in [-0.2, 0) is 12.8 Å². The molecule has 2 fully saturated rings. The van der Waals surface area contributed by atoms with Crippen molar-refractivity contribution in [1.29, 1.82) is 0 Å². The molecule has 0 atom stereocenters. The molecular weight excluding hydrogens is 488 g/mol. The summed E-state index contributed by atoms with van der Waals surface area (Å²) in [6.45, 7) is 4.15. The number of phenols is 2. The van der Waals surface area contributed by atoms with Gasteiger partial charge in [-0.25, -0.2) is 0 Å². The third kappa shape index (κ3) is 9.28. The first-order valence-corrected chi connectivity index (χ1v) is 17.2. The van der Waals surface area contributed by atoms with Crippen LogP contribution >= 0.6 is 0 Å². The second-order valence-corrected chi connectivity index (χ2v) is 13.4. The average molecular weight is 547 g/mol. The Labute approximate surface area is 246 Å². The Morgan fingerprint density at radius 2 is 0.800 bits per heavy atom. The summed E-state index contributed by atoms with van der Waals surface area (Å²) >= 11 is 0. The Morgan fingerprint density at radius 1 is 0.475 bits per heavy atom. The van der Waals surface area contributed by atoms with E-state index in [9.17, 15) is 10.2 Å². The van der Waals surface area contributed by atoms with Crippen molar-refractivity contribution in [2.75, 3.05) is 0 Å². The van der Waals surface area contributed by atoms with Gasteiger partial charge in [0.2, 0.25) is 0 Å². The lowest BCUT2D eigenvalue weighted by Crippen LogP contribution is -2.06.